The zero-order valence-electron chi connectivity index (χ0n) is 18.7. The summed E-state index contributed by atoms with van der Waals surface area (Å²) in [5, 5.41) is 20.1. The molecule has 3 rings (SSSR count). The average molecular weight is 478 g/mol. The van der Waals surface area contributed by atoms with Crippen LogP contribution in [-0.2, 0) is 0 Å². The minimum Gasteiger partial charge on any atom is -0.388 e. The van der Waals surface area contributed by atoms with Crippen molar-refractivity contribution in [1.29, 1.82) is 0 Å². The number of hydrogen-bond acceptors (Lipinski definition) is 6. The van der Waals surface area contributed by atoms with E-state index >= 15 is 0 Å². The van der Waals surface area contributed by atoms with Crippen LogP contribution in [0.25, 0.3) is 5.69 Å². The number of nitrogens with one attached hydrogen (secondary N) is 2. The van der Waals surface area contributed by atoms with Gasteiger partial charge < -0.3 is 15.7 Å². The summed E-state index contributed by atoms with van der Waals surface area (Å²) in [4.78, 5) is 50.3. The first-order valence-corrected chi connectivity index (χ1v) is 11.4. The van der Waals surface area contributed by atoms with Crippen molar-refractivity contribution in [3.05, 3.63) is 55.3 Å². The van der Waals surface area contributed by atoms with E-state index in [1.165, 1.54) is 25.1 Å². The van der Waals surface area contributed by atoms with Crippen LogP contribution in [0.2, 0.25) is 5.02 Å². The number of halogens is 1. The van der Waals surface area contributed by atoms with Gasteiger partial charge in [-0.2, -0.15) is 14.3 Å². The van der Waals surface area contributed by atoms with E-state index < -0.39 is 28.8 Å². The third-order valence-corrected chi connectivity index (χ3v) is 6.05. The second kappa shape index (κ2) is 10.3. The third kappa shape index (κ3) is 5.51. The Morgan fingerprint density at radius 3 is 2.45 bits per heavy atom. The lowest BCUT2D eigenvalue weighted by molar-refractivity contribution is 0.0246. The third-order valence-electron chi connectivity index (χ3n) is 5.72. The lowest BCUT2D eigenvalue weighted by atomic mass is 9.94. The molecule has 1 aliphatic rings. The molecular formula is C22H28ClN5O5. The van der Waals surface area contributed by atoms with Crippen LogP contribution < -0.4 is 21.9 Å². The number of carbonyl (C=O) groups excluding carboxylic acids is 2. The van der Waals surface area contributed by atoms with Gasteiger partial charge >= 0.3 is 11.7 Å². The lowest BCUT2D eigenvalue weighted by Gasteiger charge is -2.26. The van der Waals surface area contributed by atoms with Gasteiger partial charge in [0.2, 0.25) is 0 Å². The number of carbonyl (C=O) groups is 2. The van der Waals surface area contributed by atoms with E-state index in [0.717, 1.165) is 30.4 Å². The van der Waals surface area contributed by atoms with Crippen LogP contribution in [0.3, 0.4) is 0 Å². The average Bonchev–Trinajstić information content (AvgIpc) is 3.00. The van der Waals surface area contributed by atoms with Crippen molar-refractivity contribution < 1.29 is 14.7 Å². The van der Waals surface area contributed by atoms with Gasteiger partial charge in [-0.3, -0.25) is 9.59 Å². The van der Waals surface area contributed by atoms with E-state index in [9.17, 15) is 24.3 Å². The highest BCUT2D eigenvalue weighted by Gasteiger charge is 2.29. The van der Waals surface area contributed by atoms with Crippen molar-refractivity contribution >= 4 is 23.5 Å². The fraction of sp³-hybridized carbons (Fsp3) is 0.500. The molecule has 0 spiro atoms. The van der Waals surface area contributed by atoms with Gasteiger partial charge in [-0.15, -0.1) is 0 Å². The maximum absolute atomic E-state index is 12.9. The van der Waals surface area contributed by atoms with Gasteiger partial charge in [-0.25, -0.2) is 9.59 Å². The topological polar surface area (TPSA) is 135 Å². The predicted molar refractivity (Wildman–Crippen MR) is 123 cm³/mol. The molecule has 1 heterocycles. The molecule has 178 valence electrons. The SMILES string of the molecule is CCNC(=O)n1c(=O)c(C)nn(-c2ccc(Cl)c(C(=O)NCC3(O)CCCCCC3)c2)c1=O. The van der Waals surface area contributed by atoms with Crippen molar-refractivity contribution in [3.63, 3.8) is 0 Å². The zero-order chi connectivity index (χ0) is 24.2. The number of aliphatic hydroxyl groups is 1. The number of nitrogens with zero attached hydrogens (tertiary/aromatic N) is 3. The Balaban J connectivity index is 1.93. The summed E-state index contributed by atoms with van der Waals surface area (Å²) in [6.07, 6.45) is 5.14. The highest BCUT2D eigenvalue weighted by Crippen LogP contribution is 2.27. The van der Waals surface area contributed by atoms with Gasteiger partial charge in [-0.1, -0.05) is 37.3 Å². The molecule has 0 radical (unpaired) electrons. The van der Waals surface area contributed by atoms with Gasteiger partial charge in [0, 0.05) is 13.1 Å². The fourth-order valence-corrected chi connectivity index (χ4v) is 4.08. The number of hydrogen-bond donors (Lipinski definition) is 3. The number of aryl methyl sites for hydroxylation is 1. The van der Waals surface area contributed by atoms with Crippen molar-refractivity contribution in [2.24, 2.45) is 0 Å². The maximum atomic E-state index is 12.9. The smallest absolute Gasteiger partial charge is 0.360 e. The largest absolute Gasteiger partial charge is 0.388 e. The lowest BCUT2D eigenvalue weighted by Crippen LogP contribution is -2.49. The monoisotopic (exact) mass is 477 g/mol. The predicted octanol–water partition coefficient (Wildman–Crippen LogP) is 1.75. The molecule has 1 fully saturated rings. The molecule has 0 saturated heterocycles. The van der Waals surface area contributed by atoms with E-state index in [2.05, 4.69) is 15.7 Å². The molecule has 33 heavy (non-hydrogen) atoms. The second-order valence-corrected chi connectivity index (χ2v) is 8.65. The van der Waals surface area contributed by atoms with Gasteiger partial charge in [0.25, 0.3) is 11.5 Å². The second-order valence-electron chi connectivity index (χ2n) is 8.24. The van der Waals surface area contributed by atoms with Crippen LogP contribution in [0.1, 0.15) is 61.5 Å². The molecule has 2 aromatic rings. The van der Waals surface area contributed by atoms with E-state index in [1.54, 1.807) is 6.92 Å². The van der Waals surface area contributed by atoms with E-state index in [1.807, 2.05) is 0 Å². The molecule has 10 nitrogen and oxygen atoms in total. The Morgan fingerprint density at radius 2 is 1.82 bits per heavy atom. The van der Waals surface area contributed by atoms with Gasteiger partial charge in [-0.05, 0) is 44.9 Å². The summed E-state index contributed by atoms with van der Waals surface area (Å²) in [6, 6.07) is 3.38. The van der Waals surface area contributed by atoms with Crippen LogP contribution in [0.15, 0.2) is 27.8 Å². The van der Waals surface area contributed by atoms with Crippen molar-refractivity contribution in [2.75, 3.05) is 13.1 Å². The summed E-state index contributed by atoms with van der Waals surface area (Å²) < 4.78 is 1.33. The molecule has 1 aliphatic carbocycles. The minimum absolute atomic E-state index is 0.0719. The minimum atomic E-state index is -0.974. The molecule has 0 unspecified atom stereocenters. The van der Waals surface area contributed by atoms with E-state index in [-0.39, 0.29) is 35.1 Å². The molecule has 11 heteroatoms. The Hall–Kier alpha value is -2.98. The number of amides is 2. The van der Waals surface area contributed by atoms with Crippen LogP contribution in [0, 0.1) is 6.92 Å². The zero-order valence-corrected chi connectivity index (χ0v) is 19.4. The Morgan fingerprint density at radius 1 is 1.15 bits per heavy atom. The van der Waals surface area contributed by atoms with Crippen LogP contribution >= 0.6 is 11.6 Å². The van der Waals surface area contributed by atoms with Crippen molar-refractivity contribution in [2.45, 2.75) is 58.0 Å². The first-order chi connectivity index (χ1) is 15.7. The Bertz CT molecular complexity index is 1160. The normalized spacial score (nSPS) is 15.5. The Kier molecular flexibility index (Phi) is 7.70. The van der Waals surface area contributed by atoms with E-state index in [0.29, 0.717) is 17.4 Å². The van der Waals surface area contributed by atoms with Crippen LogP contribution in [0.5, 0.6) is 0 Å². The summed E-state index contributed by atoms with van der Waals surface area (Å²) >= 11 is 6.23. The van der Waals surface area contributed by atoms with Crippen LogP contribution in [-0.4, -0.2) is 50.1 Å². The highest BCUT2D eigenvalue weighted by molar-refractivity contribution is 6.33. The molecule has 1 aromatic heterocycles. The molecule has 3 N–H and O–H groups in total. The highest BCUT2D eigenvalue weighted by atomic mass is 35.5. The standard InChI is InChI=1S/C22H28ClN5O5/c1-3-24-20(31)27-19(30)14(2)26-28(21(27)32)15-8-9-17(23)16(12-15)18(29)25-13-22(33)10-6-4-5-7-11-22/h8-9,12,33H,3-7,10-11,13H2,1-2H3,(H,24,31)(H,25,29). The molecule has 1 saturated carbocycles. The molecule has 0 bridgehead atoms. The summed E-state index contributed by atoms with van der Waals surface area (Å²) in [5.74, 6) is -0.513. The molecule has 0 aliphatic heterocycles. The summed E-state index contributed by atoms with van der Waals surface area (Å²) in [6.45, 7) is 3.35. The summed E-state index contributed by atoms with van der Waals surface area (Å²) in [5.41, 5.74) is -2.60. The molecule has 2 amide bonds. The molecule has 1 aromatic carbocycles. The molecule has 0 atom stereocenters. The molecular weight excluding hydrogens is 450 g/mol. The number of benzene rings is 1. The van der Waals surface area contributed by atoms with Gasteiger partial charge in [0.15, 0.2) is 0 Å². The first-order valence-electron chi connectivity index (χ1n) is 11.0. The quantitative estimate of drug-likeness (QED) is 0.561. The van der Waals surface area contributed by atoms with Gasteiger partial charge in [0.05, 0.1) is 21.9 Å². The van der Waals surface area contributed by atoms with Crippen LogP contribution in [0.4, 0.5) is 4.79 Å². The van der Waals surface area contributed by atoms with Crippen molar-refractivity contribution in [3.8, 4) is 5.69 Å². The van der Waals surface area contributed by atoms with E-state index in [4.69, 9.17) is 11.6 Å². The number of aromatic nitrogens is 3. The first kappa shape index (κ1) is 24.7. The number of rotatable bonds is 5. The summed E-state index contributed by atoms with van der Waals surface area (Å²) in [7, 11) is 0. The maximum Gasteiger partial charge on any atom is 0.360 e. The van der Waals surface area contributed by atoms with Crippen molar-refractivity contribution in [1.82, 2.24) is 25.0 Å². The Labute approximate surface area is 195 Å². The fourth-order valence-electron chi connectivity index (χ4n) is 3.88. The van der Waals surface area contributed by atoms with Gasteiger partial charge in [0.1, 0.15) is 5.69 Å².